The Bertz CT molecular complexity index is 1110. The summed E-state index contributed by atoms with van der Waals surface area (Å²) in [5.41, 5.74) is 1.97. The average molecular weight is 389 g/mol. The molecule has 6 nitrogen and oxygen atoms in total. The number of Topliss-reactive ketones (excluding diaryl/α,β-unsaturated/α-hetero) is 1. The van der Waals surface area contributed by atoms with Gasteiger partial charge in [0.15, 0.2) is 5.78 Å². The Hall–Kier alpha value is -3.02. The first-order chi connectivity index (χ1) is 13.7. The van der Waals surface area contributed by atoms with Gasteiger partial charge in [0.2, 0.25) is 11.8 Å². The van der Waals surface area contributed by atoms with Crippen LogP contribution in [0.3, 0.4) is 0 Å². The number of pyridine rings is 1. The molecule has 2 amide bonds. The van der Waals surface area contributed by atoms with Gasteiger partial charge in [-0.1, -0.05) is 30.4 Å². The second-order valence-electron chi connectivity index (χ2n) is 9.13. The van der Waals surface area contributed by atoms with Crippen LogP contribution < -0.4 is 4.90 Å². The molecule has 0 N–H and O–H groups in total. The van der Waals surface area contributed by atoms with Gasteiger partial charge >= 0.3 is 0 Å². The molecular formula is C23H23N3O3. The molecule has 4 atom stereocenters. The Kier molecular flexibility index (Phi) is 3.58. The van der Waals surface area contributed by atoms with Gasteiger partial charge in [0.1, 0.15) is 6.04 Å². The van der Waals surface area contributed by atoms with Crippen LogP contribution in [0.15, 0.2) is 36.5 Å². The van der Waals surface area contributed by atoms with E-state index in [4.69, 9.17) is 0 Å². The average Bonchev–Trinajstić information content (AvgIpc) is 3.14. The number of benzene rings is 1. The number of hydrogen-bond acceptors (Lipinski definition) is 5. The molecule has 0 bridgehead atoms. The van der Waals surface area contributed by atoms with Gasteiger partial charge < -0.3 is 4.90 Å². The van der Waals surface area contributed by atoms with E-state index in [-0.39, 0.29) is 23.6 Å². The molecule has 2 saturated heterocycles. The van der Waals surface area contributed by atoms with Crippen LogP contribution in [0.1, 0.15) is 33.3 Å². The standard InChI is InChI=1S/C23H23N3O3/c1-12(27)19-17-16(21(28)26(22(17)29)23(2,3)4)15-10-9-14-8-7-13-6-5-11-24-18(13)20(14)25(15)19/h5-11,15-17,19H,1-4H3/t15-,16-,17+,19+/m0/s1. The van der Waals surface area contributed by atoms with Gasteiger partial charge in [0.25, 0.3) is 0 Å². The third kappa shape index (κ3) is 2.29. The van der Waals surface area contributed by atoms with Gasteiger partial charge in [-0.25, -0.2) is 0 Å². The van der Waals surface area contributed by atoms with E-state index in [0.29, 0.717) is 0 Å². The lowest BCUT2D eigenvalue weighted by molar-refractivity contribution is -0.146. The first-order valence-corrected chi connectivity index (χ1v) is 9.94. The van der Waals surface area contributed by atoms with Crippen LogP contribution in [0.4, 0.5) is 5.69 Å². The van der Waals surface area contributed by atoms with Gasteiger partial charge in [-0.15, -0.1) is 0 Å². The second-order valence-corrected chi connectivity index (χ2v) is 9.13. The molecule has 4 heterocycles. The van der Waals surface area contributed by atoms with E-state index in [9.17, 15) is 14.4 Å². The summed E-state index contributed by atoms with van der Waals surface area (Å²) in [6, 6.07) is 6.85. The summed E-state index contributed by atoms with van der Waals surface area (Å²) in [5.74, 6) is -1.76. The van der Waals surface area contributed by atoms with Crippen molar-refractivity contribution >= 4 is 40.3 Å². The molecule has 148 valence electrons. The zero-order chi connectivity index (χ0) is 20.7. The normalized spacial score (nSPS) is 28.0. The molecule has 2 aromatic rings. The van der Waals surface area contributed by atoms with E-state index in [1.54, 1.807) is 6.20 Å². The number of likely N-dealkylation sites (tertiary alicyclic amines) is 1. The monoisotopic (exact) mass is 389 g/mol. The number of hydrogen-bond donors (Lipinski definition) is 0. The van der Waals surface area contributed by atoms with Gasteiger partial charge in [-0.3, -0.25) is 24.3 Å². The van der Waals surface area contributed by atoms with Crippen molar-refractivity contribution in [2.45, 2.75) is 45.3 Å². The van der Waals surface area contributed by atoms with Crippen molar-refractivity contribution in [3.63, 3.8) is 0 Å². The quantitative estimate of drug-likeness (QED) is 0.702. The van der Waals surface area contributed by atoms with E-state index in [2.05, 4.69) is 4.98 Å². The minimum Gasteiger partial charge on any atom is -0.351 e. The van der Waals surface area contributed by atoms with Crippen molar-refractivity contribution in [2.75, 3.05) is 4.90 Å². The molecule has 0 unspecified atom stereocenters. The molecule has 3 aliphatic heterocycles. The Labute approximate surface area is 169 Å². The molecule has 1 aromatic heterocycles. The van der Waals surface area contributed by atoms with Gasteiger partial charge in [-0.05, 0) is 39.3 Å². The molecule has 29 heavy (non-hydrogen) atoms. The van der Waals surface area contributed by atoms with Crippen LogP contribution in [-0.2, 0) is 14.4 Å². The molecular weight excluding hydrogens is 366 g/mol. The Morgan fingerprint density at radius 2 is 1.79 bits per heavy atom. The third-order valence-corrected chi connectivity index (χ3v) is 6.32. The van der Waals surface area contributed by atoms with E-state index in [0.717, 1.165) is 22.2 Å². The zero-order valence-corrected chi connectivity index (χ0v) is 16.9. The number of rotatable bonds is 1. The maximum atomic E-state index is 13.4. The number of carbonyl (C=O) groups is 3. The summed E-state index contributed by atoms with van der Waals surface area (Å²) < 4.78 is 0. The number of nitrogens with zero attached hydrogens (tertiary/aromatic N) is 3. The number of amides is 2. The van der Waals surface area contributed by atoms with Crippen molar-refractivity contribution in [1.29, 1.82) is 0 Å². The lowest BCUT2D eigenvalue weighted by atomic mass is 9.88. The molecule has 0 aliphatic carbocycles. The van der Waals surface area contributed by atoms with E-state index in [1.165, 1.54) is 11.8 Å². The van der Waals surface area contributed by atoms with Crippen molar-refractivity contribution in [3.8, 4) is 0 Å². The van der Waals surface area contributed by atoms with Crippen molar-refractivity contribution in [1.82, 2.24) is 9.88 Å². The van der Waals surface area contributed by atoms with E-state index in [1.807, 2.05) is 62.1 Å². The maximum absolute atomic E-state index is 13.4. The van der Waals surface area contributed by atoms with Crippen LogP contribution >= 0.6 is 0 Å². The first kappa shape index (κ1) is 18.0. The fourth-order valence-electron chi connectivity index (χ4n) is 5.30. The molecule has 6 heteroatoms. The molecule has 0 saturated carbocycles. The molecule has 5 rings (SSSR count). The summed E-state index contributed by atoms with van der Waals surface area (Å²) in [6.07, 6.45) is 5.68. The number of carbonyl (C=O) groups excluding carboxylic acids is 3. The highest BCUT2D eigenvalue weighted by molar-refractivity contribution is 6.12. The Balaban J connectivity index is 1.73. The molecule has 0 radical (unpaired) electrons. The highest BCUT2D eigenvalue weighted by Gasteiger charge is 2.64. The van der Waals surface area contributed by atoms with Gasteiger partial charge in [-0.2, -0.15) is 0 Å². The second kappa shape index (κ2) is 5.75. The lowest BCUT2D eigenvalue weighted by Gasteiger charge is -2.38. The number of aromatic nitrogens is 1. The SMILES string of the molecule is CC(=O)[C@@H]1[C@@H]2C(=O)N(C(C)(C)C)C(=O)[C@H]2[C@@H]2C=Cc3ccc4cccnc4c3N12. The van der Waals surface area contributed by atoms with Crippen LogP contribution in [0, 0.1) is 11.8 Å². The number of ketones is 1. The van der Waals surface area contributed by atoms with Crippen LogP contribution in [0.5, 0.6) is 0 Å². The van der Waals surface area contributed by atoms with Crippen molar-refractivity contribution in [2.24, 2.45) is 11.8 Å². The van der Waals surface area contributed by atoms with E-state index >= 15 is 0 Å². The maximum Gasteiger partial charge on any atom is 0.236 e. The number of fused-ring (bicyclic) bond motifs is 7. The largest absolute Gasteiger partial charge is 0.351 e. The Morgan fingerprint density at radius 1 is 1.07 bits per heavy atom. The minimum absolute atomic E-state index is 0.103. The smallest absolute Gasteiger partial charge is 0.236 e. The zero-order valence-electron chi connectivity index (χ0n) is 16.9. The van der Waals surface area contributed by atoms with Crippen molar-refractivity contribution < 1.29 is 14.4 Å². The topological polar surface area (TPSA) is 70.6 Å². The van der Waals surface area contributed by atoms with Crippen molar-refractivity contribution in [3.05, 3.63) is 42.1 Å². The van der Waals surface area contributed by atoms with Crippen LogP contribution in [-0.4, -0.2) is 45.1 Å². The van der Waals surface area contributed by atoms with Gasteiger partial charge in [0.05, 0.1) is 29.1 Å². The van der Waals surface area contributed by atoms with E-state index < -0.39 is 23.4 Å². The molecule has 0 spiro atoms. The lowest BCUT2D eigenvalue weighted by Crippen LogP contribution is -2.52. The first-order valence-electron chi connectivity index (χ1n) is 9.94. The fraction of sp³-hybridized carbons (Fsp3) is 0.391. The molecule has 2 fully saturated rings. The summed E-state index contributed by atoms with van der Waals surface area (Å²) in [5, 5.41) is 0.966. The fourth-order valence-corrected chi connectivity index (χ4v) is 5.30. The highest BCUT2D eigenvalue weighted by atomic mass is 16.2. The number of anilines is 1. The minimum atomic E-state index is -0.676. The summed E-state index contributed by atoms with van der Waals surface area (Å²) in [6.45, 7) is 7.08. The molecule has 1 aromatic carbocycles. The predicted octanol–water partition coefficient (Wildman–Crippen LogP) is 2.81. The summed E-state index contributed by atoms with van der Waals surface area (Å²) >= 11 is 0. The highest BCUT2D eigenvalue weighted by Crippen LogP contribution is 2.50. The van der Waals surface area contributed by atoms with Gasteiger partial charge in [0, 0.05) is 17.1 Å². The predicted molar refractivity (Wildman–Crippen MR) is 110 cm³/mol. The number of imide groups is 1. The summed E-state index contributed by atoms with van der Waals surface area (Å²) in [7, 11) is 0. The third-order valence-electron chi connectivity index (χ3n) is 6.32. The summed E-state index contributed by atoms with van der Waals surface area (Å²) in [4.78, 5) is 47.5. The Morgan fingerprint density at radius 3 is 2.48 bits per heavy atom. The van der Waals surface area contributed by atoms with Crippen LogP contribution in [0.2, 0.25) is 0 Å². The van der Waals surface area contributed by atoms with Crippen LogP contribution in [0.25, 0.3) is 17.0 Å². The molecule has 3 aliphatic rings.